The first-order valence-electron chi connectivity index (χ1n) is 6.30. The van der Waals surface area contributed by atoms with Gasteiger partial charge in [-0.05, 0) is 6.92 Å². The van der Waals surface area contributed by atoms with Gasteiger partial charge in [-0.1, -0.05) is 0 Å². The third kappa shape index (κ3) is 3.08. The molecule has 0 amide bonds. The van der Waals surface area contributed by atoms with E-state index < -0.39 is 0 Å². The van der Waals surface area contributed by atoms with Gasteiger partial charge in [-0.15, -0.1) is 0 Å². The summed E-state index contributed by atoms with van der Waals surface area (Å²) in [6.07, 6.45) is 7.50. The topological polar surface area (TPSA) is 72.2 Å². The lowest BCUT2D eigenvalue weighted by Gasteiger charge is -2.26. The van der Waals surface area contributed by atoms with Crippen molar-refractivity contribution in [1.82, 2.24) is 14.9 Å². The third-order valence-corrected chi connectivity index (χ3v) is 3.23. The lowest BCUT2D eigenvalue weighted by Crippen LogP contribution is -2.42. The highest BCUT2D eigenvalue weighted by molar-refractivity contribution is 5.66. The van der Waals surface area contributed by atoms with Crippen LogP contribution in [0.5, 0.6) is 0 Å². The van der Waals surface area contributed by atoms with Crippen molar-refractivity contribution in [2.45, 2.75) is 26.6 Å². The van der Waals surface area contributed by atoms with Crippen LogP contribution >= 0.6 is 0 Å². The average molecular weight is 263 g/mol. The second-order valence-corrected chi connectivity index (χ2v) is 4.58. The lowest BCUT2D eigenvalue weighted by atomic mass is 10.2. The normalized spacial score (nSPS) is 18.6. The van der Waals surface area contributed by atoms with Crippen molar-refractivity contribution in [2.75, 3.05) is 13.2 Å². The molecule has 1 atom stereocenters. The number of aryl methyl sites for hydroxylation is 1. The fourth-order valence-electron chi connectivity index (χ4n) is 2.08. The van der Waals surface area contributed by atoms with Crippen LogP contribution in [0.3, 0.4) is 0 Å². The van der Waals surface area contributed by atoms with E-state index in [1.54, 1.807) is 13.1 Å². The summed E-state index contributed by atoms with van der Waals surface area (Å²) < 4.78 is 2.04. The first kappa shape index (κ1) is 13.5. The second-order valence-electron chi connectivity index (χ2n) is 4.58. The van der Waals surface area contributed by atoms with E-state index in [1.807, 2.05) is 34.9 Å². The summed E-state index contributed by atoms with van der Waals surface area (Å²) in [4.78, 5) is 20.7. The van der Waals surface area contributed by atoms with E-state index in [0.29, 0.717) is 24.5 Å². The molecule has 1 aliphatic heterocycles. The van der Waals surface area contributed by atoms with Gasteiger partial charge in [-0.2, -0.15) is 0 Å². The maximum Gasteiger partial charge on any atom is 0.260 e. The van der Waals surface area contributed by atoms with E-state index in [-0.39, 0.29) is 18.3 Å². The zero-order chi connectivity index (χ0) is 13.8. The van der Waals surface area contributed by atoms with Gasteiger partial charge in [0.1, 0.15) is 5.82 Å². The molecule has 1 unspecified atom stereocenters. The quantitative estimate of drug-likeness (QED) is 0.740. The van der Waals surface area contributed by atoms with Crippen molar-refractivity contribution in [3.63, 3.8) is 0 Å². The van der Waals surface area contributed by atoms with Gasteiger partial charge in [0.25, 0.3) is 5.56 Å². The average Bonchev–Trinajstić information content (AvgIpc) is 2.37. The van der Waals surface area contributed by atoms with Crippen LogP contribution in [0.2, 0.25) is 0 Å². The molecular weight excluding hydrogens is 244 g/mol. The van der Waals surface area contributed by atoms with Crippen LogP contribution in [-0.4, -0.2) is 50.1 Å². The molecule has 6 heteroatoms. The molecule has 1 aliphatic rings. The van der Waals surface area contributed by atoms with Crippen molar-refractivity contribution in [3.8, 4) is 0 Å². The SMILES string of the molecule is Cc1ncc(C[N+]2=CC=CN(CCO)C2C)c(=O)[nH]1. The Morgan fingerprint density at radius 2 is 2.37 bits per heavy atom. The molecule has 6 nitrogen and oxygen atoms in total. The van der Waals surface area contributed by atoms with Gasteiger partial charge >= 0.3 is 0 Å². The first-order valence-corrected chi connectivity index (χ1v) is 6.30. The number of aliphatic hydroxyl groups is 1. The van der Waals surface area contributed by atoms with Crippen LogP contribution in [0, 0.1) is 6.92 Å². The van der Waals surface area contributed by atoms with Crippen molar-refractivity contribution in [2.24, 2.45) is 0 Å². The van der Waals surface area contributed by atoms with Gasteiger partial charge in [0.05, 0.1) is 12.2 Å². The van der Waals surface area contributed by atoms with Crippen LogP contribution < -0.4 is 5.56 Å². The summed E-state index contributed by atoms with van der Waals surface area (Å²) in [5.74, 6) is 0.617. The number of rotatable bonds is 4. The minimum Gasteiger partial charge on any atom is -0.395 e. The summed E-state index contributed by atoms with van der Waals surface area (Å²) in [5.41, 5.74) is 0.532. The number of hydrogen-bond donors (Lipinski definition) is 2. The summed E-state index contributed by atoms with van der Waals surface area (Å²) in [6.45, 7) is 4.97. The maximum atomic E-state index is 11.8. The molecule has 0 saturated heterocycles. The highest BCUT2D eigenvalue weighted by atomic mass is 16.3. The summed E-state index contributed by atoms with van der Waals surface area (Å²) in [6, 6.07) is 0. The van der Waals surface area contributed by atoms with E-state index in [2.05, 4.69) is 9.97 Å². The van der Waals surface area contributed by atoms with E-state index in [1.165, 1.54) is 0 Å². The molecule has 0 aliphatic carbocycles. The smallest absolute Gasteiger partial charge is 0.260 e. The highest BCUT2D eigenvalue weighted by Crippen LogP contribution is 2.07. The number of aromatic amines is 1. The number of nitrogens with zero attached hydrogens (tertiary/aromatic N) is 3. The molecule has 0 radical (unpaired) electrons. The summed E-state index contributed by atoms with van der Waals surface area (Å²) in [5, 5.41) is 9.02. The van der Waals surface area contributed by atoms with E-state index in [0.717, 1.165) is 0 Å². The summed E-state index contributed by atoms with van der Waals surface area (Å²) >= 11 is 0. The Balaban J connectivity index is 2.16. The minimum absolute atomic E-state index is 0.0952. The molecular formula is C13H19N4O2+. The zero-order valence-electron chi connectivity index (χ0n) is 11.2. The lowest BCUT2D eigenvalue weighted by molar-refractivity contribution is -0.596. The molecule has 0 spiro atoms. The Kier molecular flexibility index (Phi) is 4.11. The van der Waals surface area contributed by atoms with Gasteiger partial charge in [0.15, 0.2) is 12.8 Å². The number of aliphatic hydroxyl groups excluding tert-OH is 1. The molecule has 102 valence electrons. The second kappa shape index (κ2) is 5.79. The number of β-amino-alcohol motifs (C(OH)–C–C–N with tert-alkyl or cyclic N) is 1. The number of allylic oxidation sites excluding steroid dienone is 1. The Morgan fingerprint density at radius 3 is 3.05 bits per heavy atom. The molecule has 0 bridgehead atoms. The Hall–Kier alpha value is -1.95. The number of nitrogens with one attached hydrogen (secondary N) is 1. The van der Waals surface area contributed by atoms with Crippen LogP contribution in [0.4, 0.5) is 0 Å². The minimum atomic E-state index is -0.101. The molecule has 2 rings (SSSR count). The predicted molar refractivity (Wildman–Crippen MR) is 72.0 cm³/mol. The molecule has 2 heterocycles. The van der Waals surface area contributed by atoms with Crippen LogP contribution in [0.1, 0.15) is 18.3 Å². The van der Waals surface area contributed by atoms with Crippen molar-refractivity contribution in [3.05, 3.63) is 40.2 Å². The Bertz CT molecular complexity index is 562. The van der Waals surface area contributed by atoms with E-state index in [4.69, 9.17) is 5.11 Å². The molecule has 1 aromatic rings. The van der Waals surface area contributed by atoms with Gasteiger partial charge in [-0.25, -0.2) is 9.56 Å². The largest absolute Gasteiger partial charge is 0.395 e. The first-order chi connectivity index (χ1) is 9.11. The number of H-pyrrole nitrogens is 1. The molecule has 1 aromatic heterocycles. The fourth-order valence-corrected chi connectivity index (χ4v) is 2.08. The Morgan fingerprint density at radius 1 is 1.58 bits per heavy atom. The zero-order valence-corrected chi connectivity index (χ0v) is 11.2. The summed E-state index contributed by atoms with van der Waals surface area (Å²) in [7, 11) is 0. The van der Waals surface area contributed by atoms with E-state index in [9.17, 15) is 4.79 Å². The molecule has 0 saturated carbocycles. The highest BCUT2D eigenvalue weighted by Gasteiger charge is 2.24. The molecule has 0 fully saturated rings. The van der Waals surface area contributed by atoms with Crippen LogP contribution in [0.15, 0.2) is 23.3 Å². The number of aromatic nitrogens is 2. The molecule has 0 aromatic carbocycles. The van der Waals surface area contributed by atoms with Gasteiger partial charge in [-0.3, -0.25) is 4.79 Å². The van der Waals surface area contributed by atoms with E-state index >= 15 is 0 Å². The van der Waals surface area contributed by atoms with Crippen molar-refractivity contribution < 1.29 is 9.68 Å². The maximum absolute atomic E-state index is 11.8. The Labute approximate surface area is 111 Å². The monoisotopic (exact) mass is 263 g/mol. The van der Waals surface area contributed by atoms with Crippen molar-refractivity contribution in [1.29, 1.82) is 0 Å². The van der Waals surface area contributed by atoms with Gasteiger partial charge in [0.2, 0.25) is 6.17 Å². The standard InChI is InChI=1S/C13H18N4O2/c1-10-14-8-12(13(19)15-10)9-17-5-3-4-16(6-7-18)11(17)2/h3-5,8,11,18H,6-7,9H2,1-2H3/p+1. The third-order valence-electron chi connectivity index (χ3n) is 3.23. The predicted octanol–water partition coefficient (Wildman–Crippen LogP) is -0.171. The van der Waals surface area contributed by atoms with Crippen molar-refractivity contribution >= 4 is 6.21 Å². The van der Waals surface area contributed by atoms with Crippen LogP contribution in [0.25, 0.3) is 0 Å². The fraction of sp³-hybridized carbons (Fsp3) is 0.462. The molecule has 19 heavy (non-hydrogen) atoms. The van der Waals surface area contributed by atoms with Gasteiger partial charge in [0, 0.05) is 31.9 Å². The van der Waals surface area contributed by atoms with Gasteiger partial charge < -0.3 is 15.0 Å². The van der Waals surface area contributed by atoms with Crippen LogP contribution in [-0.2, 0) is 6.54 Å². The number of hydrogen-bond acceptors (Lipinski definition) is 4. The molecule has 2 N–H and O–H groups in total.